The number of allylic oxidation sites excluding steroid dienone is 2. The van der Waals surface area contributed by atoms with Crippen LogP contribution in [0, 0.1) is 6.92 Å². The lowest BCUT2D eigenvalue weighted by Crippen LogP contribution is -2.17. The van der Waals surface area contributed by atoms with Crippen molar-refractivity contribution in [3.05, 3.63) is 100.0 Å². The first-order valence-electron chi connectivity index (χ1n) is 9.31. The van der Waals surface area contributed by atoms with Crippen molar-refractivity contribution < 1.29 is 22.7 Å². The predicted molar refractivity (Wildman–Crippen MR) is 111 cm³/mol. The SMILES string of the molecule is Cc1ccc(C(=O)c2cc(Cl)ccc2NC2=C[C@@H]2c2ccc(OC(F)(F)F)cc2)cn1. The number of ether oxygens (including phenoxy) is 1. The highest BCUT2D eigenvalue weighted by molar-refractivity contribution is 6.31. The Morgan fingerprint density at radius 1 is 1.10 bits per heavy atom. The van der Waals surface area contributed by atoms with Gasteiger partial charge in [0.2, 0.25) is 0 Å². The molecule has 0 aliphatic heterocycles. The smallest absolute Gasteiger partial charge is 0.406 e. The summed E-state index contributed by atoms with van der Waals surface area (Å²) in [5.74, 6) is -0.577. The number of pyridine rings is 1. The van der Waals surface area contributed by atoms with E-state index < -0.39 is 6.36 Å². The highest BCUT2D eigenvalue weighted by Crippen LogP contribution is 2.41. The fourth-order valence-corrected chi connectivity index (χ4v) is 3.30. The van der Waals surface area contributed by atoms with E-state index in [0.717, 1.165) is 17.0 Å². The van der Waals surface area contributed by atoms with E-state index in [0.29, 0.717) is 21.8 Å². The molecule has 0 spiro atoms. The minimum Gasteiger partial charge on any atom is -0.406 e. The van der Waals surface area contributed by atoms with E-state index in [1.807, 2.05) is 13.0 Å². The first-order valence-corrected chi connectivity index (χ1v) is 9.69. The van der Waals surface area contributed by atoms with Gasteiger partial charge in [-0.15, -0.1) is 13.2 Å². The number of nitrogens with zero attached hydrogens (tertiary/aromatic N) is 1. The number of carbonyl (C=O) groups is 1. The Kier molecular flexibility index (Phi) is 5.45. The average molecular weight is 445 g/mol. The van der Waals surface area contributed by atoms with Crippen molar-refractivity contribution in [1.82, 2.24) is 4.98 Å². The summed E-state index contributed by atoms with van der Waals surface area (Å²) < 4.78 is 40.8. The van der Waals surface area contributed by atoms with Crippen LogP contribution in [0.15, 0.2) is 72.6 Å². The number of rotatable bonds is 6. The van der Waals surface area contributed by atoms with Gasteiger partial charge >= 0.3 is 6.36 Å². The van der Waals surface area contributed by atoms with Gasteiger partial charge in [0.15, 0.2) is 5.78 Å². The molecular formula is C23H16ClF3N2O2. The number of nitrogens with one attached hydrogen (secondary N) is 1. The number of carbonyl (C=O) groups excluding carboxylic acids is 1. The molecule has 31 heavy (non-hydrogen) atoms. The maximum atomic E-state index is 13.0. The van der Waals surface area contributed by atoms with Gasteiger partial charge in [-0.25, -0.2) is 0 Å². The van der Waals surface area contributed by atoms with Crippen LogP contribution in [-0.4, -0.2) is 17.1 Å². The van der Waals surface area contributed by atoms with E-state index in [2.05, 4.69) is 15.0 Å². The van der Waals surface area contributed by atoms with E-state index in [1.54, 1.807) is 42.5 Å². The molecule has 3 aromatic rings. The summed E-state index contributed by atoms with van der Waals surface area (Å²) in [5.41, 5.74) is 3.87. The first kappa shape index (κ1) is 20.9. The summed E-state index contributed by atoms with van der Waals surface area (Å²) in [7, 11) is 0. The Morgan fingerprint density at radius 3 is 2.48 bits per heavy atom. The Balaban J connectivity index is 1.49. The minimum atomic E-state index is -4.73. The van der Waals surface area contributed by atoms with E-state index >= 15 is 0 Å². The number of aryl methyl sites for hydroxylation is 1. The molecule has 1 aromatic heterocycles. The van der Waals surface area contributed by atoms with Gasteiger partial charge in [-0.2, -0.15) is 0 Å². The topological polar surface area (TPSA) is 51.2 Å². The molecule has 1 atom stereocenters. The number of ketones is 1. The normalized spacial score (nSPS) is 15.3. The summed E-state index contributed by atoms with van der Waals surface area (Å²) in [6.07, 6.45) is -1.29. The Morgan fingerprint density at radius 2 is 1.84 bits per heavy atom. The van der Waals surface area contributed by atoms with Crippen LogP contribution in [0.4, 0.5) is 18.9 Å². The monoisotopic (exact) mass is 444 g/mol. The lowest BCUT2D eigenvalue weighted by Gasteiger charge is -2.12. The van der Waals surface area contributed by atoms with Crippen LogP contribution in [-0.2, 0) is 0 Å². The summed E-state index contributed by atoms with van der Waals surface area (Å²) in [4.78, 5) is 17.1. The second kappa shape index (κ2) is 8.07. The van der Waals surface area contributed by atoms with Gasteiger partial charge in [0.05, 0.1) is 0 Å². The molecule has 0 fully saturated rings. The summed E-state index contributed by atoms with van der Waals surface area (Å²) >= 11 is 6.11. The lowest BCUT2D eigenvalue weighted by molar-refractivity contribution is -0.274. The molecule has 0 bridgehead atoms. The van der Waals surface area contributed by atoms with Gasteiger partial charge in [0, 0.05) is 45.3 Å². The number of aromatic nitrogens is 1. The third-order valence-electron chi connectivity index (χ3n) is 4.72. The van der Waals surface area contributed by atoms with Crippen molar-refractivity contribution >= 4 is 23.1 Å². The zero-order valence-electron chi connectivity index (χ0n) is 16.2. The Hall–Kier alpha value is -3.32. The summed E-state index contributed by atoms with van der Waals surface area (Å²) in [6.45, 7) is 1.84. The molecule has 2 aromatic carbocycles. The minimum absolute atomic E-state index is 0.0837. The van der Waals surface area contributed by atoms with Crippen LogP contribution in [0.1, 0.15) is 33.1 Å². The Labute approximate surface area is 181 Å². The zero-order chi connectivity index (χ0) is 22.2. The number of hydrogen-bond donors (Lipinski definition) is 1. The van der Waals surface area contributed by atoms with Gasteiger partial charge in [0.1, 0.15) is 5.75 Å². The van der Waals surface area contributed by atoms with Crippen molar-refractivity contribution in [1.29, 1.82) is 0 Å². The van der Waals surface area contributed by atoms with Crippen molar-refractivity contribution in [2.75, 3.05) is 5.32 Å². The molecule has 1 aliphatic carbocycles. The molecular weight excluding hydrogens is 429 g/mol. The first-order chi connectivity index (χ1) is 14.7. The molecule has 8 heteroatoms. The standard InChI is InChI=1S/C23H16ClF3N2O2/c1-13-2-3-15(12-28-13)22(30)19-10-16(24)6-9-20(19)29-21-11-18(21)14-4-7-17(8-5-14)31-23(25,26)27/h2-12,18,29H,1H3/t18-/m1/s1. The summed E-state index contributed by atoms with van der Waals surface area (Å²) in [6, 6.07) is 14.1. The van der Waals surface area contributed by atoms with Crippen LogP contribution in [0.25, 0.3) is 0 Å². The molecule has 0 unspecified atom stereocenters. The molecule has 0 saturated carbocycles. The van der Waals surface area contributed by atoms with Gasteiger partial charge in [-0.1, -0.05) is 29.8 Å². The molecule has 1 heterocycles. The second-order valence-electron chi connectivity index (χ2n) is 7.05. The van der Waals surface area contributed by atoms with Gasteiger partial charge in [0.25, 0.3) is 0 Å². The fraction of sp³-hybridized carbons (Fsp3) is 0.130. The van der Waals surface area contributed by atoms with Crippen LogP contribution in [0.2, 0.25) is 5.02 Å². The average Bonchev–Trinajstić information content (AvgIpc) is 3.48. The molecule has 0 amide bonds. The largest absolute Gasteiger partial charge is 0.573 e. The van der Waals surface area contributed by atoms with Gasteiger partial charge < -0.3 is 10.1 Å². The van der Waals surface area contributed by atoms with Crippen LogP contribution in [0.5, 0.6) is 5.75 Å². The zero-order valence-corrected chi connectivity index (χ0v) is 17.0. The van der Waals surface area contributed by atoms with E-state index in [-0.39, 0.29) is 17.5 Å². The molecule has 0 radical (unpaired) electrons. The summed E-state index contributed by atoms with van der Waals surface area (Å²) in [5, 5.41) is 3.65. The van der Waals surface area contributed by atoms with Gasteiger partial charge in [-0.05, 0) is 55.0 Å². The number of anilines is 1. The Bertz CT molecular complexity index is 1160. The quantitative estimate of drug-likeness (QED) is 0.455. The second-order valence-corrected chi connectivity index (χ2v) is 7.49. The van der Waals surface area contributed by atoms with Crippen LogP contribution >= 0.6 is 11.6 Å². The number of alkyl halides is 3. The van der Waals surface area contributed by atoms with Gasteiger partial charge in [-0.3, -0.25) is 9.78 Å². The predicted octanol–water partition coefficient (Wildman–Crippen LogP) is 6.27. The molecule has 1 N–H and O–H groups in total. The third kappa shape index (κ3) is 5.06. The number of benzene rings is 2. The van der Waals surface area contributed by atoms with Crippen LogP contribution < -0.4 is 10.1 Å². The van der Waals surface area contributed by atoms with Crippen molar-refractivity contribution in [2.45, 2.75) is 19.2 Å². The van der Waals surface area contributed by atoms with Crippen molar-refractivity contribution in [2.24, 2.45) is 0 Å². The van der Waals surface area contributed by atoms with E-state index in [4.69, 9.17) is 11.6 Å². The van der Waals surface area contributed by atoms with Crippen molar-refractivity contribution in [3.63, 3.8) is 0 Å². The van der Waals surface area contributed by atoms with E-state index in [9.17, 15) is 18.0 Å². The number of halogens is 4. The van der Waals surface area contributed by atoms with E-state index in [1.165, 1.54) is 18.3 Å². The highest BCUT2D eigenvalue weighted by atomic mass is 35.5. The molecule has 4 nitrogen and oxygen atoms in total. The maximum absolute atomic E-state index is 13.0. The highest BCUT2D eigenvalue weighted by Gasteiger charge is 2.32. The number of hydrogen-bond acceptors (Lipinski definition) is 4. The maximum Gasteiger partial charge on any atom is 0.573 e. The molecule has 1 aliphatic rings. The lowest BCUT2D eigenvalue weighted by atomic mass is 10.0. The van der Waals surface area contributed by atoms with Crippen molar-refractivity contribution in [3.8, 4) is 5.75 Å². The third-order valence-corrected chi connectivity index (χ3v) is 4.96. The molecule has 4 rings (SSSR count). The fourth-order valence-electron chi connectivity index (χ4n) is 3.13. The molecule has 0 saturated heterocycles. The van der Waals surface area contributed by atoms with Crippen LogP contribution in [0.3, 0.4) is 0 Å². The molecule has 158 valence electrons.